The summed E-state index contributed by atoms with van der Waals surface area (Å²) in [6, 6.07) is 10.2. The SMILES string of the molecule is CCc1ccccc1C(=O)c1ccc(Br)c(Cl)c1F. The van der Waals surface area contributed by atoms with E-state index in [1.807, 2.05) is 19.1 Å². The fourth-order valence-corrected chi connectivity index (χ4v) is 2.37. The third-order valence-electron chi connectivity index (χ3n) is 2.92. The summed E-state index contributed by atoms with van der Waals surface area (Å²) in [5.41, 5.74) is 1.40. The van der Waals surface area contributed by atoms with Crippen molar-refractivity contribution < 1.29 is 9.18 Å². The van der Waals surface area contributed by atoms with Crippen LogP contribution in [0, 0.1) is 5.82 Å². The topological polar surface area (TPSA) is 17.1 Å². The number of carbonyl (C=O) groups excluding carboxylic acids is 1. The molecule has 2 aromatic carbocycles. The standard InChI is InChI=1S/C15H11BrClFO/c1-2-9-5-3-4-6-10(9)15(19)11-7-8-12(16)13(17)14(11)18/h3-8H,2H2,1H3. The van der Waals surface area contributed by atoms with Gasteiger partial charge in [0.2, 0.25) is 0 Å². The van der Waals surface area contributed by atoms with E-state index in [0.717, 1.165) is 5.56 Å². The maximum Gasteiger partial charge on any atom is 0.196 e. The molecule has 0 aliphatic rings. The molecule has 1 nitrogen and oxygen atoms in total. The van der Waals surface area contributed by atoms with Gasteiger partial charge in [-0.1, -0.05) is 42.8 Å². The molecule has 0 amide bonds. The molecule has 0 fully saturated rings. The van der Waals surface area contributed by atoms with Crippen LogP contribution >= 0.6 is 27.5 Å². The summed E-state index contributed by atoms with van der Waals surface area (Å²) in [5.74, 6) is -1.03. The third-order valence-corrected chi connectivity index (χ3v) is 4.18. The Bertz CT molecular complexity index is 640. The molecule has 19 heavy (non-hydrogen) atoms. The first-order valence-electron chi connectivity index (χ1n) is 5.82. The summed E-state index contributed by atoms with van der Waals surface area (Å²) in [4.78, 5) is 12.4. The Morgan fingerprint density at radius 1 is 1.21 bits per heavy atom. The molecule has 0 N–H and O–H groups in total. The predicted molar refractivity (Wildman–Crippen MR) is 78.4 cm³/mol. The Labute approximate surface area is 124 Å². The van der Waals surface area contributed by atoms with Crippen LogP contribution in [0.3, 0.4) is 0 Å². The molecule has 4 heteroatoms. The first kappa shape index (κ1) is 14.2. The van der Waals surface area contributed by atoms with Crippen LogP contribution in [-0.2, 0) is 6.42 Å². The van der Waals surface area contributed by atoms with Crippen LogP contribution in [0.15, 0.2) is 40.9 Å². The molecule has 0 aliphatic carbocycles. The highest BCUT2D eigenvalue weighted by Crippen LogP contribution is 2.29. The molecule has 0 aliphatic heterocycles. The largest absolute Gasteiger partial charge is 0.288 e. The minimum atomic E-state index is -0.688. The van der Waals surface area contributed by atoms with E-state index in [4.69, 9.17) is 11.6 Å². The molecule has 0 aromatic heterocycles. The first-order chi connectivity index (χ1) is 9.06. The second-order valence-electron chi connectivity index (χ2n) is 4.06. The summed E-state index contributed by atoms with van der Waals surface area (Å²) in [5, 5.41) is -0.0696. The molecule has 0 heterocycles. The van der Waals surface area contributed by atoms with Crippen LogP contribution < -0.4 is 0 Å². The van der Waals surface area contributed by atoms with E-state index in [1.165, 1.54) is 6.07 Å². The maximum absolute atomic E-state index is 14.1. The minimum Gasteiger partial charge on any atom is -0.288 e. The predicted octanol–water partition coefficient (Wildman–Crippen LogP) is 5.04. The van der Waals surface area contributed by atoms with Gasteiger partial charge in [-0.2, -0.15) is 0 Å². The summed E-state index contributed by atoms with van der Waals surface area (Å²) in [7, 11) is 0. The van der Waals surface area contributed by atoms with Gasteiger partial charge >= 0.3 is 0 Å². The fourth-order valence-electron chi connectivity index (χ4n) is 1.90. The van der Waals surface area contributed by atoms with Crippen molar-refractivity contribution in [2.24, 2.45) is 0 Å². The molecule has 0 spiro atoms. The van der Waals surface area contributed by atoms with E-state index in [-0.39, 0.29) is 16.4 Å². The van der Waals surface area contributed by atoms with Crippen LogP contribution in [0.4, 0.5) is 4.39 Å². The van der Waals surface area contributed by atoms with Crippen LogP contribution in [0.2, 0.25) is 5.02 Å². The van der Waals surface area contributed by atoms with E-state index >= 15 is 0 Å². The van der Waals surface area contributed by atoms with Crippen molar-refractivity contribution >= 4 is 33.3 Å². The lowest BCUT2D eigenvalue weighted by Gasteiger charge is -2.09. The number of aryl methyl sites for hydroxylation is 1. The van der Waals surface area contributed by atoms with Gasteiger partial charge in [-0.3, -0.25) is 4.79 Å². The van der Waals surface area contributed by atoms with Crippen LogP contribution in [0.5, 0.6) is 0 Å². The summed E-state index contributed by atoms with van der Waals surface area (Å²) < 4.78 is 14.5. The van der Waals surface area contributed by atoms with E-state index in [2.05, 4.69) is 15.9 Å². The van der Waals surface area contributed by atoms with Crippen molar-refractivity contribution in [2.75, 3.05) is 0 Å². The van der Waals surface area contributed by atoms with Crippen LogP contribution in [0.1, 0.15) is 28.4 Å². The van der Waals surface area contributed by atoms with Gasteiger partial charge < -0.3 is 0 Å². The van der Waals surface area contributed by atoms with E-state index < -0.39 is 5.82 Å². The minimum absolute atomic E-state index is 0.00546. The summed E-state index contributed by atoms with van der Waals surface area (Å²) in [6.45, 7) is 1.96. The summed E-state index contributed by atoms with van der Waals surface area (Å²) in [6.07, 6.45) is 0.716. The van der Waals surface area contributed by atoms with Crippen molar-refractivity contribution in [1.29, 1.82) is 0 Å². The normalized spacial score (nSPS) is 10.5. The second-order valence-corrected chi connectivity index (χ2v) is 5.30. The fraction of sp³-hybridized carbons (Fsp3) is 0.133. The summed E-state index contributed by atoms with van der Waals surface area (Å²) >= 11 is 8.94. The molecule has 0 saturated carbocycles. The van der Waals surface area contributed by atoms with Gasteiger partial charge in [0, 0.05) is 10.0 Å². The van der Waals surface area contributed by atoms with Gasteiger partial charge in [0.15, 0.2) is 11.6 Å². The lowest BCUT2D eigenvalue weighted by Crippen LogP contribution is -2.07. The van der Waals surface area contributed by atoms with Crippen LogP contribution in [0.25, 0.3) is 0 Å². The number of ketones is 1. The number of rotatable bonds is 3. The lowest BCUT2D eigenvalue weighted by molar-refractivity contribution is 0.103. The number of carbonyl (C=O) groups is 1. The zero-order chi connectivity index (χ0) is 14.0. The van der Waals surface area contributed by atoms with Crippen molar-refractivity contribution in [3.8, 4) is 0 Å². The van der Waals surface area contributed by atoms with Crippen molar-refractivity contribution in [3.63, 3.8) is 0 Å². The van der Waals surface area contributed by atoms with Crippen molar-refractivity contribution in [3.05, 3.63) is 68.4 Å². The molecular weight excluding hydrogens is 331 g/mol. The monoisotopic (exact) mass is 340 g/mol. The highest BCUT2D eigenvalue weighted by Gasteiger charge is 2.19. The van der Waals surface area contributed by atoms with Crippen molar-refractivity contribution in [2.45, 2.75) is 13.3 Å². The molecule has 2 aromatic rings. The van der Waals surface area contributed by atoms with E-state index in [0.29, 0.717) is 16.5 Å². The third kappa shape index (κ3) is 2.72. The Balaban J connectivity index is 2.54. The maximum atomic E-state index is 14.1. The second kappa shape index (κ2) is 5.85. The smallest absolute Gasteiger partial charge is 0.196 e. The highest BCUT2D eigenvalue weighted by molar-refractivity contribution is 9.10. The average molecular weight is 342 g/mol. The Morgan fingerprint density at radius 3 is 2.58 bits per heavy atom. The molecule has 0 atom stereocenters. The lowest BCUT2D eigenvalue weighted by atomic mass is 9.97. The molecule has 0 saturated heterocycles. The van der Waals surface area contributed by atoms with E-state index in [9.17, 15) is 9.18 Å². The first-order valence-corrected chi connectivity index (χ1v) is 6.99. The number of hydrogen-bond donors (Lipinski definition) is 0. The van der Waals surface area contributed by atoms with Gasteiger partial charge in [0.05, 0.1) is 10.6 Å². The van der Waals surface area contributed by atoms with Crippen LogP contribution in [-0.4, -0.2) is 5.78 Å². The average Bonchev–Trinajstić information content (AvgIpc) is 2.44. The molecule has 98 valence electrons. The quantitative estimate of drug-likeness (QED) is 0.565. The Kier molecular flexibility index (Phi) is 4.38. The van der Waals surface area contributed by atoms with Gasteiger partial charge in [0.25, 0.3) is 0 Å². The van der Waals surface area contributed by atoms with Gasteiger partial charge in [-0.05, 0) is 40.0 Å². The number of halogens is 3. The number of hydrogen-bond acceptors (Lipinski definition) is 1. The zero-order valence-electron chi connectivity index (χ0n) is 10.2. The van der Waals surface area contributed by atoms with E-state index in [1.54, 1.807) is 18.2 Å². The number of benzene rings is 2. The molecule has 0 unspecified atom stereocenters. The van der Waals surface area contributed by atoms with Crippen molar-refractivity contribution in [1.82, 2.24) is 0 Å². The van der Waals surface area contributed by atoms with Gasteiger partial charge in [0.1, 0.15) is 0 Å². The molecule has 0 radical (unpaired) electrons. The molecular formula is C15H11BrClFO. The zero-order valence-corrected chi connectivity index (χ0v) is 12.6. The Hall–Kier alpha value is -1.19. The van der Waals surface area contributed by atoms with Gasteiger partial charge in [-0.15, -0.1) is 0 Å². The Morgan fingerprint density at radius 2 is 1.89 bits per heavy atom. The molecule has 0 bridgehead atoms. The molecule has 2 rings (SSSR count). The van der Waals surface area contributed by atoms with Gasteiger partial charge in [-0.25, -0.2) is 4.39 Å². The highest BCUT2D eigenvalue weighted by atomic mass is 79.9.